The van der Waals surface area contributed by atoms with Crippen LogP contribution in [0.2, 0.25) is 0 Å². The minimum absolute atomic E-state index is 0.0662. The van der Waals surface area contributed by atoms with Gasteiger partial charge in [0.1, 0.15) is 0 Å². The van der Waals surface area contributed by atoms with Crippen LogP contribution in [0, 0.1) is 0 Å². The molecule has 1 heterocycles. The molecule has 0 saturated carbocycles. The molecule has 0 aromatic rings. The van der Waals surface area contributed by atoms with E-state index in [4.69, 9.17) is 14.2 Å². The Labute approximate surface area is 145 Å². The Hall–Kier alpha value is -2.04. The highest BCUT2D eigenvalue weighted by atomic mass is 16.7. The third-order valence-corrected chi connectivity index (χ3v) is 3.01. The molecule has 0 aromatic carbocycles. The first-order valence-electron chi connectivity index (χ1n) is 8.05. The van der Waals surface area contributed by atoms with Gasteiger partial charge in [-0.05, 0) is 0 Å². The van der Waals surface area contributed by atoms with Gasteiger partial charge in [0, 0.05) is 26.3 Å². The Kier molecular flexibility index (Phi) is 10.4. The minimum atomic E-state index is -0.697. The Morgan fingerprint density at radius 1 is 0.920 bits per heavy atom. The van der Waals surface area contributed by atoms with E-state index in [0.29, 0.717) is 44.6 Å². The molecular formula is C15H24N2O8. The van der Waals surface area contributed by atoms with Crippen molar-refractivity contribution in [2.24, 2.45) is 0 Å². The number of imide groups is 1. The summed E-state index contributed by atoms with van der Waals surface area (Å²) in [4.78, 5) is 49.3. The zero-order chi connectivity index (χ0) is 18.5. The molecule has 1 aliphatic heterocycles. The van der Waals surface area contributed by atoms with Crippen LogP contribution in [0.5, 0.6) is 0 Å². The molecule has 0 spiro atoms. The van der Waals surface area contributed by atoms with Crippen LogP contribution in [0.1, 0.15) is 26.2 Å². The van der Waals surface area contributed by atoms with E-state index in [1.165, 1.54) is 6.92 Å². The Morgan fingerprint density at radius 3 is 2.00 bits per heavy atom. The molecule has 3 amide bonds. The monoisotopic (exact) mass is 360 g/mol. The molecule has 0 unspecified atom stereocenters. The second-order valence-electron chi connectivity index (χ2n) is 5.12. The van der Waals surface area contributed by atoms with E-state index >= 15 is 0 Å². The zero-order valence-corrected chi connectivity index (χ0v) is 14.3. The number of ether oxygens (including phenoxy) is 3. The number of amides is 3. The summed E-state index contributed by atoms with van der Waals surface area (Å²) in [6, 6.07) is 0. The lowest BCUT2D eigenvalue weighted by molar-refractivity contribution is -0.198. The van der Waals surface area contributed by atoms with Gasteiger partial charge in [0.2, 0.25) is 5.91 Å². The van der Waals surface area contributed by atoms with Gasteiger partial charge in [-0.1, -0.05) is 0 Å². The quantitative estimate of drug-likeness (QED) is 0.334. The van der Waals surface area contributed by atoms with Gasteiger partial charge in [-0.3, -0.25) is 14.4 Å². The molecule has 1 rings (SSSR count). The fourth-order valence-electron chi connectivity index (χ4n) is 1.80. The standard InChI is InChI=1S/C15H24N2O8/c1-12(18)16-5-7-23-9-11-24-10-8-22-6-4-15(21)25-17-13(19)2-3-14(17)20/h2-11H2,1H3,(H,16,18). The molecular weight excluding hydrogens is 336 g/mol. The largest absolute Gasteiger partial charge is 0.378 e. The van der Waals surface area contributed by atoms with E-state index in [1.807, 2.05) is 0 Å². The first kappa shape index (κ1) is 21.0. The molecule has 0 aromatic heterocycles. The number of carbonyl (C=O) groups excluding carboxylic acids is 4. The van der Waals surface area contributed by atoms with Crippen LogP contribution in [0.25, 0.3) is 0 Å². The normalized spacial score (nSPS) is 14.0. The number of hydrogen-bond acceptors (Lipinski definition) is 8. The van der Waals surface area contributed by atoms with Gasteiger partial charge < -0.3 is 24.4 Å². The number of hydroxylamine groups is 2. The lowest BCUT2D eigenvalue weighted by atomic mass is 10.4. The first-order chi connectivity index (χ1) is 12.0. The van der Waals surface area contributed by atoms with Gasteiger partial charge in [-0.15, -0.1) is 5.06 Å². The predicted molar refractivity (Wildman–Crippen MR) is 82.9 cm³/mol. The fraction of sp³-hybridized carbons (Fsp3) is 0.733. The van der Waals surface area contributed by atoms with Crippen LogP contribution in [0.4, 0.5) is 0 Å². The second kappa shape index (κ2) is 12.3. The molecule has 1 fully saturated rings. The molecule has 0 radical (unpaired) electrons. The summed E-state index contributed by atoms with van der Waals surface area (Å²) in [5.41, 5.74) is 0. The lowest BCUT2D eigenvalue weighted by Crippen LogP contribution is -2.32. The van der Waals surface area contributed by atoms with E-state index < -0.39 is 17.8 Å². The average Bonchev–Trinajstić information content (AvgIpc) is 2.87. The third kappa shape index (κ3) is 9.75. The molecule has 1 N–H and O–H groups in total. The van der Waals surface area contributed by atoms with Crippen molar-refractivity contribution in [3.63, 3.8) is 0 Å². The van der Waals surface area contributed by atoms with Gasteiger partial charge in [0.15, 0.2) is 0 Å². The summed E-state index contributed by atoms with van der Waals surface area (Å²) in [5.74, 6) is -1.81. The van der Waals surface area contributed by atoms with Crippen molar-refractivity contribution in [3.05, 3.63) is 0 Å². The highest BCUT2D eigenvalue weighted by Gasteiger charge is 2.32. The fourth-order valence-corrected chi connectivity index (χ4v) is 1.80. The third-order valence-electron chi connectivity index (χ3n) is 3.01. The Balaban J connectivity index is 1.87. The molecule has 10 heteroatoms. The smallest absolute Gasteiger partial charge is 0.335 e. The molecule has 1 aliphatic rings. The van der Waals surface area contributed by atoms with Crippen LogP contribution in [-0.4, -0.2) is 74.9 Å². The summed E-state index contributed by atoms with van der Waals surface area (Å²) < 4.78 is 15.7. The van der Waals surface area contributed by atoms with Crippen molar-refractivity contribution in [1.82, 2.24) is 10.4 Å². The zero-order valence-electron chi connectivity index (χ0n) is 14.3. The van der Waals surface area contributed by atoms with E-state index in [-0.39, 0.29) is 31.8 Å². The van der Waals surface area contributed by atoms with Crippen LogP contribution in [0.3, 0.4) is 0 Å². The molecule has 10 nitrogen and oxygen atoms in total. The predicted octanol–water partition coefficient (Wildman–Crippen LogP) is -0.830. The van der Waals surface area contributed by atoms with Crippen LogP contribution >= 0.6 is 0 Å². The van der Waals surface area contributed by atoms with Crippen LogP contribution < -0.4 is 5.32 Å². The van der Waals surface area contributed by atoms with Crippen LogP contribution in [-0.2, 0) is 38.2 Å². The van der Waals surface area contributed by atoms with Crippen molar-refractivity contribution in [3.8, 4) is 0 Å². The Morgan fingerprint density at radius 2 is 1.44 bits per heavy atom. The molecule has 1 saturated heterocycles. The van der Waals surface area contributed by atoms with Crippen molar-refractivity contribution in [2.45, 2.75) is 26.2 Å². The van der Waals surface area contributed by atoms with Crippen molar-refractivity contribution < 1.29 is 38.2 Å². The van der Waals surface area contributed by atoms with E-state index in [9.17, 15) is 19.2 Å². The van der Waals surface area contributed by atoms with Gasteiger partial charge >= 0.3 is 5.97 Å². The number of rotatable bonds is 13. The molecule has 0 bridgehead atoms. The minimum Gasteiger partial charge on any atom is -0.378 e. The molecule has 25 heavy (non-hydrogen) atoms. The maximum absolute atomic E-state index is 11.5. The van der Waals surface area contributed by atoms with Crippen molar-refractivity contribution in [1.29, 1.82) is 0 Å². The lowest BCUT2D eigenvalue weighted by Gasteiger charge is -2.12. The van der Waals surface area contributed by atoms with E-state index in [1.54, 1.807) is 0 Å². The summed E-state index contributed by atoms with van der Waals surface area (Å²) in [6.45, 7) is 3.86. The SMILES string of the molecule is CC(=O)NCCOCCOCCOCCC(=O)ON1C(=O)CCC1=O. The summed E-state index contributed by atoms with van der Waals surface area (Å²) in [6.07, 6.45) is 0.0666. The van der Waals surface area contributed by atoms with E-state index in [0.717, 1.165) is 0 Å². The van der Waals surface area contributed by atoms with Crippen molar-refractivity contribution in [2.75, 3.05) is 46.2 Å². The maximum Gasteiger partial charge on any atom is 0.335 e. The molecule has 0 aliphatic carbocycles. The second-order valence-corrected chi connectivity index (χ2v) is 5.12. The van der Waals surface area contributed by atoms with E-state index in [2.05, 4.69) is 10.2 Å². The Bertz CT molecular complexity index is 452. The topological polar surface area (TPSA) is 120 Å². The first-order valence-corrected chi connectivity index (χ1v) is 8.05. The average molecular weight is 360 g/mol. The highest BCUT2D eigenvalue weighted by molar-refractivity contribution is 6.01. The maximum atomic E-state index is 11.5. The molecule has 142 valence electrons. The summed E-state index contributed by atoms with van der Waals surface area (Å²) >= 11 is 0. The van der Waals surface area contributed by atoms with Crippen LogP contribution in [0.15, 0.2) is 0 Å². The summed E-state index contributed by atoms with van der Waals surface area (Å²) in [7, 11) is 0. The highest BCUT2D eigenvalue weighted by Crippen LogP contribution is 2.12. The van der Waals surface area contributed by atoms with Gasteiger partial charge in [-0.2, -0.15) is 0 Å². The molecule has 0 atom stereocenters. The van der Waals surface area contributed by atoms with Gasteiger partial charge in [0.05, 0.1) is 46.1 Å². The van der Waals surface area contributed by atoms with Gasteiger partial charge in [-0.25, -0.2) is 4.79 Å². The number of carbonyl (C=O) groups is 4. The number of hydrogen-bond donors (Lipinski definition) is 1. The van der Waals surface area contributed by atoms with Gasteiger partial charge in [0.25, 0.3) is 11.8 Å². The number of nitrogens with zero attached hydrogens (tertiary/aromatic N) is 1. The number of nitrogens with one attached hydrogen (secondary N) is 1. The summed E-state index contributed by atoms with van der Waals surface area (Å²) in [5, 5.41) is 3.12. The van der Waals surface area contributed by atoms with Crippen molar-refractivity contribution >= 4 is 23.7 Å².